The van der Waals surface area contributed by atoms with Crippen LogP contribution in [-0.2, 0) is 14.3 Å². The standard InChI is InChI=1S/C22H24N4O3S/c1-15-9-11-18(12-10-15)23-21(27)14-30-17(3)22(28)29-16(2)20-13-26(25-24-20)19-7-5-4-6-8-19/h4-13,16-17H,14H2,1-3H3,(H,23,27). The lowest BCUT2D eigenvalue weighted by Gasteiger charge is -2.15. The van der Waals surface area contributed by atoms with Crippen LogP contribution in [-0.4, -0.2) is 37.9 Å². The lowest BCUT2D eigenvalue weighted by atomic mass is 10.2. The van der Waals surface area contributed by atoms with E-state index in [1.807, 2.05) is 61.5 Å². The van der Waals surface area contributed by atoms with E-state index < -0.39 is 17.3 Å². The number of benzene rings is 2. The van der Waals surface area contributed by atoms with Gasteiger partial charge >= 0.3 is 5.97 Å². The van der Waals surface area contributed by atoms with E-state index in [4.69, 9.17) is 4.74 Å². The molecule has 8 heteroatoms. The van der Waals surface area contributed by atoms with Crippen LogP contribution in [0.15, 0.2) is 60.8 Å². The van der Waals surface area contributed by atoms with Crippen molar-refractivity contribution in [3.05, 3.63) is 72.1 Å². The normalized spacial score (nSPS) is 12.8. The predicted molar refractivity (Wildman–Crippen MR) is 118 cm³/mol. The van der Waals surface area contributed by atoms with E-state index in [2.05, 4.69) is 15.6 Å². The summed E-state index contributed by atoms with van der Waals surface area (Å²) in [6, 6.07) is 17.1. The molecule has 2 atom stereocenters. The largest absolute Gasteiger partial charge is 0.455 e. The summed E-state index contributed by atoms with van der Waals surface area (Å²) in [6.45, 7) is 5.45. The average molecular weight is 425 g/mol. The molecule has 3 aromatic rings. The Kier molecular flexibility index (Phi) is 7.24. The molecule has 0 bridgehead atoms. The van der Waals surface area contributed by atoms with Gasteiger partial charge in [-0.15, -0.1) is 16.9 Å². The molecule has 0 aliphatic heterocycles. The van der Waals surface area contributed by atoms with Crippen molar-refractivity contribution in [1.29, 1.82) is 0 Å². The Morgan fingerprint density at radius 2 is 1.80 bits per heavy atom. The quantitative estimate of drug-likeness (QED) is 0.551. The Bertz CT molecular complexity index is 989. The van der Waals surface area contributed by atoms with Crippen molar-refractivity contribution in [2.75, 3.05) is 11.1 Å². The van der Waals surface area contributed by atoms with Gasteiger partial charge in [0.05, 0.1) is 17.6 Å². The van der Waals surface area contributed by atoms with Gasteiger partial charge in [-0.3, -0.25) is 9.59 Å². The molecular formula is C22H24N4O3S. The summed E-state index contributed by atoms with van der Waals surface area (Å²) >= 11 is 1.23. The summed E-state index contributed by atoms with van der Waals surface area (Å²) in [4.78, 5) is 24.5. The number of hydrogen-bond donors (Lipinski definition) is 1. The number of carbonyl (C=O) groups is 2. The van der Waals surface area contributed by atoms with Gasteiger partial charge in [0, 0.05) is 5.69 Å². The molecule has 0 spiro atoms. The fourth-order valence-electron chi connectivity index (χ4n) is 2.60. The van der Waals surface area contributed by atoms with E-state index in [9.17, 15) is 9.59 Å². The zero-order valence-electron chi connectivity index (χ0n) is 17.1. The van der Waals surface area contributed by atoms with Crippen LogP contribution in [0.3, 0.4) is 0 Å². The molecule has 1 aromatic heterocycles. The number of thioether (sulfide) groups is 1. The third-order valence-electron chi connectivity index (χ3n) is 4.37. The minimum atomic E-state index is -0.542. The first kappa shape index (κ1) is 21.6. The average Bonchev–Trinajstić information content (AvgIpc) is 3.25. The minimum absolute atomic E-state index is 0.155. The van der Waals surface area contributed by atoms with Gasteiger partial charge in [0.15, 0.2) is 0 Å². The topological polar surface area (TPSA) is 86.1 Å². The number of nitrogens with one attached hydrogen (secondary N) is 1. The van der Waals surface area contributed by atoms with E-state index in [1.165, 1.54) is 11.8 Å². The zero-order valence-corrected chi connectivity index (χ0v) is 17.9. The van der Waals surface area contributed by atoms with E-state index in [0.29, 0.717) is 5.69 Å². The summed E-state index contributed by atoms with van der Waals surface area (Å²) in [5.74, 6) is -0.407. The predicted octanol–water partition coefficient (Wildman–Crippen LogP) is 3.94. The molecule has 0 aliphatic rings. The van der Waals surface area contributed by atoms with E-state index >= 15 is 0 Å². The molecule has 2 aromatic carbocycles. The van der Waals surface area contributed by atoms with E-state index in [-0.39, 0.29) is 11.7 Å². The van der Waals surface area contributed by atoms with Crippen LogP contribution < -0.4 is 5.32 Å². The van der Waals surface area contributed by atoms with Gasteiger partial charge in [0.2, 0.25) is 5.91 Å². The van der Waals surface area contributed by atoms with Crippen molar-refractivity contribution >= 4 is 29.3 Å². The summed E-state index contributed by atoms with van der Waals surface area (Å²) in [7, 11) is 0. The van der Waals surface area contributed by atoms with Crippen LogP contribution in [0.2, 0.25) is 0 Å². The number of aryl methyl sites for hydroxylation is 1. The smallest absolute Gasteiger partial charge is 0.319 e. The zero-order chi connectivity index (χ0) is 21.5. The van der Waals surface area contributed by atoms with Gasteiger partial charge in [-0.25, -0.2) is 4.68 Å². The number of aromatic nitrogens is 3. The summed E-state index contributed by atoms with van der Waals surface area (Å²) < 4.78 is 7.14. The maximum absolute atomic E-state index is 12.4. The van der Waals surface area contributed by atoms with Gasteiger partial charge < -0.3 is 10.1 Å². The highest BCUT2D eigenvalue weighted by Crippen LogP contribution is 2.20. The van der Waals surface area contributed by atoms with Gasteiger partial charge in [0.25, 0.3) is 0 Å². The van der Waals surface area contributed by atoms with Gasteiger partial charge in [-0.05, 0) is 45.0 Å². The fourth-order valence-corrected chi connectivity index (χ4v) is 3.27. The number of para-hydroxylation sites is 1. The van der Waals surface area contributed by atoms with E-state index in [0.717, 1.165) is 16.9 Å². The second kappa shape index (κ2) is 10.1. The van der Waals surface area contributed by atoms with E-state index in [1.54, 1.807) is 24.7 Å². The molecule has 1 amide bonds. The van der Waals surface area contributed by atoms with Crippen LogP contribution >= 0.6 is 11.8 Å². The van der Waals surface area contributed by atoms with Crippen LogP contribution in [0.5, 0.6) is 0 Å². The molecule has 0 saturated carbocycles. The number of nitrogens with zero attached hydrogens (tertiary/aromatic N) is 3. The van der Waals surface area contributed by atoms with Crippen molar-refractivity contribution < 1.29 is 14.3 Å². The van der Waals surface area contributed by atoms with Crippen molar-refractivity contribution in [3.63, 3.8) is 0 Å². The molecule has 1 N–H and O–H groups in total. The summed E-state index contributed by atoms with van der Waals surface area (Å²) in [5.41, 5.74) is 3.29. The number of esters is 1. The lowest BCUT2D eigenvalue weighted by Crippen LogP contribution is -2.22. The van der Waals surface area contributed by atoms with Crippen LogP contribution in [0.1, 0.15) is 31.2 Å². The number of rotatable bonds is 8. The monoisotopic (exact) mass is 424 g/mol. The molecule has 0 fully saturated rings. The molecule has 30 heavy (non-hydrogen) atoms. The Labute approximate surface area is 179 Å². The van der Waals surface area contributed by atoms with Gasteiger partial charge in [-0.2, -0.15) is 0 Å². The second-order valence-corrected chi connectivity index (χ2v) is 8.20. The number of amides is 1. The SMILES string of the molecule is Cc1ccc(NC(=O)CSC(C)C(=O)OC(C)c2cn(-c3ccccc3)nn2)cc1. The highest BCUT2D eigenvalue weighted by Gasteiger charge is 2.21. The molecular weight excluding hydrogens is 400 g/mol. The molecule has 3 rings (SSSR count). The Morgan fingerprint density at radius 3 is 2.50 bits per heavy atom. The molecule has 0 aliphatic carbocycles. The Morgan fingerprint density at radius 1 is 1.10 bits per heavy atom. The minimum Gasteiger partial charge on any atom is -0.455 e. The third-order valence-corrected chi connectivity index (χ3v) is 5.49. The van der Waals surface area contributed by atoms with Crippen LogP contribution in [0, 0.1) is 6.92 Å². The number of carbonyl (C=O) groups excluding carboxylic acids is 2. The Hall–Kier alpha value is -3.13. The maximum Gasteiger partial charge on any atom is 0.319 e. The number of anilines is 1. The molecule has 156 valence electrons. The van der Waals surface area contributed by atoms with Crippen LogP contribution in [0.4, 0.5) is 5.69 Å². The lowest BCUT2D eigenvalue weighted by molar-refractivity contribution is -0.147. The molecule has 7 nitrogen and oxygen atoms in total. The first-order chi connectivity index (χ1) is 14.4. The van der Waals surface area contributed by atoms with Crippen molar-refractivity contribution in [2.24, 2.45) is 0 Å². The summed E-state index contributed by atoms with van der Waals surface area (Å²) in [6.07, 6.45) is 1.19. The Balaban J connectivity index is 1.47. The third kappa shape index (κ3) is 5.93. The fraction of sp³-hybridized carbons (Fsp3) is 0.273. The summed E-state index contributed by atoms with van der Waals surface area (Å²) in [5, 5.41) is 10.5. The molecule has 2 unspecified atom stereocenters. The maximum atomic E-state index is 12.4. The first-order valence-corrected chi connectivity index (χ1v) is 10.6. The van der Waals surface area contributed by atoms with Crippen molar-refractivity contribution in [3.8, 4) is 5.69 Å². The van der Waals surface area contributed by atoms with Crippen LogP contribution in [0.25, 0.3) is 5.69 Å². The van der Waals surface area contributed by atoms with Crippen molar-refractivity contribution in [2.45, 2.75) is 32.1 Å². The van der Waals surface area contributed by atoms with Gasteiger partial charge in [0.1, 0.15) is 17.0 Å². The molecule has 0 saturated heterocycles. The second-order valence-electron chi connectivity index (χ2n) is 6.87. The highest BCUT2D eigenvalue weighted by molar-refractivity contribution is 8.01. The number of hydrogen-bond acceptors (Lipinski definition) is 6. The van der Waals surface area contributed by atoms with Crippen molar-refractivity contribution in [1.82, 2.24) is 15.0 Å². The molecule has 0 radical (unpaired) electrons. The first-order valence-electron chi connectivity index (χ1n) is 9.58. The molecule has 1 heterocycles. The number of ether oxygens (including phenoxy) is 1. The highest BCUT2D eigenvalue weighted by atomic mass is 32.2. The van der Waals surface area contributed by atoms with Gasteiger partial charge in [-0.1, -0.05) is 41.1 Å².